The van der Waals surface area contributed by atoms with Crippen LogP contribution in [0.4, 0.5) is 5.69 Å². The molecule has 1 saturated heterocycles. The zero-order valence-electron chi connectivity index (χ0n) is 12.2. The number of hydrogen-bond donors (Lipinski definition) is 1. The number of carboxylic acids is 1. The standard InChI is InChI=1S/C16H20N2O3/c1-11(15(19)17-8-4-5-9-17)18-10-13(16(20)21)12-6-2-3-7-14(12)18/h2-3,6-7,11,13H,4-5,8-10H2,1H3,(H,20,21). The molecule has 1 fully saturated rings. The van der Waals surface area contributed by atoms with E-state index in [2.05, 4.69) is 0 Å². The van der Waals surface area contributed by atoms with Crippen LogP contribution < -0.4 is 4.90 Å². The third-order valence-electron chi connectivity index (χ3n) is 4.54. The lowest BCUT2D eigenvalue weighted by molar-refractivity contribution is -0.138. The Morgan fingerprint density at radius 3 is 2.57 bits per heavy atom. The van der Waals surface area contributed by atoms with Gasteiger partial charge in [0.15, 0.2) is 0 Å². The molecule has 2 aliphatic heterocycles. The van der Waals surface area contributed by atoms with Gasteiger partial charge in [-0.1, -0.05) is 18.2 Å². The monoisotopic (exact) mass is 288 g/mol. The van der Waals surface area contributed by atoms with Gasteiger partial charge in [-0.15, -0.1) is 0 Å². The Kier molecular flexibility index (Phi) is 3.57. The molecule has 1 aromatic rings. The van der Waals surface area contributed by atoms with Crippen molar-refractivity contribution in [3.63, 3.8) is 0 Å². The molecule has 0 spiro atoms. The lowest BCUT2D eigenvalue weighted by Gasteiger charge is -2.30. The van der Waals surface area contributed by atoms with Gasteiger partial charge in [-0.25, -0.2) is 0 Å². The summed E-state index contributed by atoms with van der Waals surface area (Å²) in [7, 11) is 0. The Morgan fingerprint density at radius 1 is 1.24 bits per heavy atom. The molecule has 112 valence electrons. The molecule has 1 aromatic carbocycles. The maximum atomic E-state index is 12.6. The SMILES string of the molecule is CC(C(=O)N1CCCC1)N1CC(C(=O)O)c2ccccc21. The Bertz CT molecular complexity index is 566. The van der Waals surface area contributed by atoms with Crippen LogP contribution in [0.5, 0.6) is 0 Å². The fourth-order valence-electron chi connectivity index (χ4n) is 3.35. The highest BCUT2D eigenvalue weighted by Crippen LogP contribution is 2.37. The second-order valence-corrected chi connectivity index (χ2v) is 5.81. The summed E-state index contributed by atoms with van der Waals surface area (Å²) in [6.07, 6.45) is 2.12. The fraction of sp³-hybridized carbons (Fsp3) is 0.500. The first-order valence-corrected chi connectivity index (χ1v) is 7.46. The number of amides is 1. The molecule has 0 aliphatic carbocycles. The number of anilines is 1. The predicted octanol–water partition coefficient (Wildman–Crippen LogP) is 1.69. The van der Waals surface area contributed by atoms with Crippen molar-refractivity contribution in [3.8, 4) is 0 Å². The molecule has 2 unspecified atom stereocenters. The first-order chi connectivity index (χ1) is 10.1. The average molecular weight is 288 g/mol. The van der Waals surface area contributed by atoms with E-state index in [1.54, 1.807) is 0 Å². The van der Waals surface area contributed by atoms with E-state index in [-0.39, 0.29) is 11.9 Å². The van der Waals surface area contributed by atoms with Gasteiger partial charge in [-0.3, -0.25) is 9.59 Å². The minimum Gasteiger partial charge on any atom is -0.481 e. The lowest BCUT2D eigenvalue weighted by Crippen LogP contribution is -2.46. The van der Waals surface area contributed by atoms with Crippen molar-refractivity contribution in [1.29, 1.82) is 0 Å². The molecule has 3 rings (SSSR count). The summed E-state index contributed by atoms with van der Waals surface area (Å²) in [5.74, 6) is -1.27. The van der Waals surface area contributed by atoms with Crippen LogP contribution in [0.1, 0.15) is 31.2 Å². The Morgan fingerprint density at radius 2 is 1.90 bits per heavy atom. The molecule has 5 nitrogen and oxygen atoms in total. The second kappa shape index (κ2) is 5.39. The number of carbonyl (C=O) groups is 2. The van der Waals surface area contributed by atoms with Crippen molar-refractivity contribution in [2.75, 3.05) is 24.5 Å². The number of hydrogen-bond acceptors (Lipinski definition) is 3. The van der Waals surface area contributed by atoms with Gasteiger partial charge in [0.1, 0.15) is 12.0 Å². The van der Waals surface area contributed by atoms with E-state index in [0.29, 0.717) is 6.54 Å². The summed E-state index contributed by atoms with van der Waals surface area (Å²) in [6, 6.07) is 7.19. The summed E-state index contributed by atoms with van der Waals surface area (Å²) in [5, 5.41) is 9.39. The van der Waals surface area contributed by atoms with Gasteiger partial charge in [-0.2, -0.15) is 0 Å². The zero-order chi connectivity index (χ0) is 15.0. The molecular weight excluding hydrogens is 268 g/mol. The van der Waals surface area contributed by atoms with Crippen molar-refractivity contribution in [2.45, 2.75) is 31.7 Å². The van der Waals surface area contributed by atoms with Crippen LogP contribution in [0.25, 0.3) is 0 Å². The third kappa shape index (κ3) is 2.37. The van der Waals surface area contributed by atoms with Crippen molar-refractivity contribution < 1.29 is 14.7 Å². The number of carboxylic acid groups (broad SMARTS) is 1. The van der Waals surface area contributed by atoms with Gasteiger partial charge in [0.25, 0.3) is 0 Å². The Balaban J connectivity index is 1.85. The molecule has 1 amide bonds. The number of rotatable bonds is 3. The summed E-state index contributed by atoms with van der Waals surface area (Å²) >= 11 is 0. The average Bonchev–Trinajstić information content (AvgIpc) is 3.13. The fourth-order valence-corrected chi connectivity index (χ4v) is 3.35. The van der Waals surface area contributed by atoms with Gasteiger partial charge in [0, 0.05) is 25.3 Å². The molecule has 1 N–H and O–H groups in total. The van der Waals surface area contributed by atoms with Gasteiger partial charge < -0.3 is 14.9 Å². The summed E-state index contributed by atoms with van der Waals surface area (Å²) in [5.41, 5.74) is 1.69. The van der Waals surface area contributed by atoms with Crippen molar-refractivity contribution in [2.24, 2.45) is 0 Å². The van der Waals surface area contributed by atoms with E-state index < -0.39 is 11.9 Å². The van der Waals surface area contributed by atoms with Crippen molar-refractivity contribution >= 4 is 17.6 Å². The molecule has 0 bridgehead atoms. The molecule has 2 aliphatic rings. The largest absolute Gasteiger partial charge is 0.481 e. The summed E-state index contributed by atoms with van der Waals surface area (Å²) in [6.45, 7) is 3.89. The number of fused-ring (bicyclic) bond motifs is 1. The van der Waals surface area contributed by atoms with E-state index in [1.807, 2.05) is 41.0 Å². The van der Waals surface area contributed by atoms with Gasteiger partial charge >= 0.3 is 5.97 Å². The predicted molar refractivity (Wildman–Crippen MR) is 79.4 cm³/mol. The second-order valence-electron chi connectivity index (χ2n) is 5.81. The number of nitrogens with zero attached hydrogens (tertiary/aromatic N) is 2. The highest BCUT2D eigenvalue weighted by molar-refractivity contribution is 5.89. The molecule has 5 heteroatoms. The minimum absolute atomic E-state index is 0.105. The Labute approximate surface area is 124 Å². The summed E-state index contributed by atoms with van der Waals surface area (Å²) < 4.78 is 0. The highest BCUT2D eigenvalue weighted by Gasteiger charge is 2.38. The zero-order valence-corrected chi connectivity index (χ0v) is 12.2. The van der Waals surface area contributed by atoms with Crippen LogP contribution >= 0.6 is 0 Å². The topological polar surface area (TPSA) is 60.9 Å². The molecule has 0 aromatic heterocycles. The number of benzene rings is 1. The molecule has 2 atom stereocenters. The maximum absolute atomic E-state index is 12.6. The maximum Gasteiger partial charge on any atom is 0.312 e. The minimum atomic E-state index is -0.828. The van der Waals surface area contributed by atoms with Gasteiger partial charge in [0.05, 0.1) is 0 Å². The normalized spacial score (nSPS) is 22.2. The van der Waals surface area contributed by atoms with Crippen LogP contribution in [-0.4, -0.2) is 47.6 Å². The number of carbonyl (C=O) groups excluding carboxylic acids is 1. The molecular formula is C16H20N2O3. The van der Waals surface area contributed by atoms with Crippen LogP contribution in [0.2, 0.25) is 0 Å². The number of aliphatic carboxylic acids is 1. The summed E-state index contributed by atoms with van der Waals surface area (Å²) in [4.78, 5) is 27.8. The van der Waals surface area contributed by atoms with Crippen molar-refractivity contribution in [1.82, 2.24) is 4.90 Å². The molecule has 0 saturated carbocycles. The molecule has 0 radical (unpaired) electrons. The van der Waals surface area contributed by atoms with Gasteiger partial charge in [-0.05, 0) is 31.4 Å². The first-order valence-electron chi connectivity index (χ1n) is 7.46. The Hall–Kier alpha value is -2.04. The third-order valence-corrected chi connectivity index (χ3v) is 4.54. The molecule has 21 heavy (non-hydrogen) atoms. The number of likely N-dealkylation sites (tertiary alicyclic amines) is 1. The smallest absolute Gasteiger partial charge is 0.312 e. The van der Waals surface area contributed by atoms with Crippen molar-refractivity contribution in [3.05, 3.63) is 29.8 Å². The van der Waals surface area contributed by atoms with E-state index >= 15 is 0 Å². The van der Waals surface area contributed by atoms with Crippen LogP contribution in [0.15, 0.2) is 24.3 Å². The van der Waals surface area contributed by atoms with Crippen LogP contribution in [0.3, 0.4) is 0 Å². The van der Waals surface area contributed by atoms with E-state index in [0.717, 1.165) is 37.2 Å². The lowest BCUT2D eigenvalue weighted by atomic mass is 10.0. The van der Waals surface area contributed by atoms with E-state index in [4.69, 9.17) is 0 Å². The van der Waals surface area contributed by atoms with Gasteiger partial charge in [0.2, 0.25) is 5.91 Å². The first kappa shape index (κ1) is 13.9. The van der Waals surface area contributed by atoms with E-state index in [9.17, 15) is 14.7 Å². The highest BCUT2D eigenvalue weighted by atomic mass is 16.4. The van der Waals surface area contributed by atoms with Crippen LogP contribution in [0, 0.1) is 0 Å². The van der Waals surface area contributed by atoms with E-state index in [1.165, 1.54) is 0 Å². The number of para-hydroxylation sites is 1. The van der Waals surface area contributed by atoms with Crippen LogP contribution in [-0.2, 0) is 9.59 Å². The molecule has 2 heterocycles. The quantitative estimate of drug-likeness (QED) is 0.919.